The van der Waals surface area contributed by atoms with Gasteiger partial charge in [0.05, 0.1) is 22.6 Å². The van der Waals surface area contributed by atoms with Gasteiger partial charge in [-0.25, -0.2) is 4.68 Å². The lowest BCUT2D eigenvalue weighted by Crippen LogP contribution is -2.49. The van der Waals surface area contributed by atoms with E-state index in [4.69, 9.17) is 5.10 Å². The lowest BCUT2D eigenvalue weighted by Gasteiger charge is -2.56. The minimum Gasteiger partial charge on any atom is -0.354 e. The van der Waals surface area contributed by atoms with Gasteiger partial charge >= 0.3 is 0 Å². The summed E-state index contributed by atoms with van der Waals surface area (Å²) in [6.45, 7) is 2.55. The van der Waals surface area contributed by atoms with Crippen molar-refractivity contribution in [3.8, 4) is 5.69 Å². The molecule has 8 nitrogen and oxygen atoms in total. The molecule has 3 aromatic rings. The number of nitrogens with zero attached hydrogens (tertiary/aromatic N) is 4. The Balaban J connectivity index is 1.41. The smallest absolute Gasteiger partial charge is 0.273 e. The zero-order valence-electron chi connectivity index (χ0n) is 20.3. The average molecular weight is 473 g/mol. The molecule has 4 fully saturated rings. The van der Waals surface area contributed by atoms with Gasteiger partial charge in [-0.1, -0.05) is 18.2 Å². The molecular formula is C27H32N6O2. The van der Waals surface area contributed by atoms with E-state index in [0.717, 1.165) is 48.4 Å². The normalized spacial score (nSPS) is 26.6. The third-order valence-corrected chi connectivity index (χ3v) is 8.30. The van der Waals surface area contributed by atoms with Crippen molar-refractivity contribution in [3.05, 3.63) is 59.7 Å². The topological polar surface area (TPSA) is 93.8 Å². The molecule has 4 bridgehead atoms. The number of anilines is 1. The van der Waals surface area contributed by atoms with E-state index in [1.807, 2.05) is 48.1 Å². The number of aryl methyl sites for hydroxylation is 1. The van der Waals surface area contributed by atoms with Gasteiger partial charge in [0.15, 0.2) is 5.69 Å². The molecule has 7 rings (SSSR count). The second kappa shape index (κ2) is 8.36. The third-order valence-electron chi connectivity index (χ3n) is 8.30. The van der Waals surface area contributed by atoms with Crippen LogP contribution in [0.5, 0.6) is 0 Å². The number of benzene rings is 1. The summed E-state index contributed by atoms with van der Waals surface area (Å²) in [6.07, 6.45) is 10.9. The standard InChI is InChI=1S/C27H32N6O2/c1-3-32-16-22(23(30-32)26(35)28-2)29-25(34)21-15-33(20-7-5-4-6-8-20)31-24(21)27-12-17-9-18(13-27)11-19(10-17)14-27/h4-8,15-19H,3,9-14H2,1-2H3,(H,28,35)(H,29,34). The lowest BCUT2D eigenvalue weighted by atomic mass is 9.48. The van der Waals surface area contributed by atoms with Gasteiger partial charge in [-0.2, -0.15) is 10.2 Å². The minimum absolute atomic E-state index is 0.0430. The Labute approximate surface area is 205 Å². The zero-order chi connectivity index (χ0) is 24.2. The SMILES string of the molecule is CCn1cc(NC(=O)c2cn(-c3ccccc3)nc2C23CC4CC(CC(C4)C2)C3)c(C(=O)NC)n1. The third kappa shape index (κ3) is 3.75. The van der Waals surface area contributed by atoms with E-state index in [1.54, 1.807) is 17.9 Å². The molecule has 2 N–H and O–H groups in total. The fraction of sp³-hybridized carbons (Fsp3) is 0.481. The summed E-state index contributed by atoms with van der Waals surface area (Å²) in [5.41, 5.74) is 3.04. The molecule has 4 aliphatic carbocycles. The first kappa shape index (κ1) is 22.1. The molecule has 1 aromatic carbocycles. The van der Waals surface area contributed by atoms with Crippen molar-refractivity contribution in [2.45, 2.75) is 57.4 Å². The Morgan fingerprint density at radius 2 is 1.63 bits per heavy atom. The number of hydrogen-bond donors (Lipinski definition) is 2. The highest BCUT2D eigenvalue weighted by Crippen LogP contribution is 2.60. The van der Waals surface area contributed by atoms with Gasteiger partial charge in [-0.05, 0) is 75.3 Å². The molecule has 182 valence electrons. The van der Waals surface area contributed by atoms with Crippen LogP contribution in [0.3, 0.4) is 0 Å². The monoisotopic (exact) mass is 472 g/mol. The van der Waals surface area contributed by atoms with Crippen molar-refractivity contribution in [3.63, 3.8) is 0 Å². The lowest BCUT2D eigenvalue weighted by molar-refractivity contribution is -0.00765. The number of rotatable bonds is 6. The second-order valence-electron chi connectivity index (χ2n) is 10.6. The van der Waals surface area contributed by atoms with E-state index < -0.39 is 0 Å². The van der Waals surface area contributed by atoms with E-state index in [2.05, 4.69) is 15.7 Å². The van der Waals surface area contributed by atoms with Gasteiger partial charge in [0, 0.05) is 31.4 Å². The Morgan fingerprint density at radius 3 is 2.23 bits per heavy atom. The van der Waals surface area contributed by atoms with Crippen LogP contribution in [0.15, 0.2) is 42.7 Å². The van der Waals surface area contributed by atoms with Gasteiger partial charge in [0.25, 0.3) is 11.8 Å². The first-order valence-corrected chi connectivity index (χ1v) is 12.7. The van der Waals surface area contributed by atoms with Crippen LogP contribution in [-0.4, -0.2) is 38.4 Å². The molecule has 0 atom stereocenters. The van der Waals surface area contributed by atoms with Gasteiger partial charge in [-0.3, -0.25) is 14.3 Å². The van der Waals surface area contributed by atoms with Gasteiger partial charge in [-0.15, -0.1) is 0 Å². The predicted molar refractivity (Wildman–Crippen MR) is 133 cm³/mol. The van der Waals surface area contributed by atoms with E-state index in [9.17, 15) is 9.59 Å². The number of para-hydroxylation sites is 1. The summed E-state index contributed by atoms with van der Waals surface area (Å²) in [4.78, 5) is 26.2. The van der Waals surface area contributed by atoms with Crippen LogP contribution in [0.1, 0.15) is 72.0 Å². The highest BCUT2D eigenvalue weighted by atomic mass is 16.2. The molecule has 35 heavy (non-hydrogen) atoms. The number of carbonyl (C=O) groups excluding carboxylic acids is 2. The average Bonchev–Trinajstić information content (AvgIpc) is 3.49. The number of nitrogens with one attached hydrogen (secondary N) is 2. The molecule has 0 aliphatic heterocycles. The van der Waals surface area contributed by atoms with Crippen LogP contribution in [-0.2, 0) is 12.0 Å². The van der Waals surface area contributed by atoms with Crippen molar-refractivity contribution >= 4 is 17.5 Å². The maximum Gasteiger partial charge on any atom is 0.273 e. The molecule has 4 saturated carbocycles. The summed E-state index contributed by atoms with van der Waals surface area (Å²) in [5.74, 6) is 1.65. The van der Waals surface area contributed by atoms with Gasteiger partial charge < -0.3 is 10.6 Å². The maximum absolute atomic E-state index is 13.8. The Kier molecular flexibility index (Phi) is 5.27. The van der Waals surface area contributed by atoms with Gasteiger partial charge in [0.1, 0.15) is 0 Å². The van der Waals surface area contributed by atoms with E-state index >= 15 is 0 Å². The molecule has 2 amide bonds. The Hall–Kier alpha value is -3.42. The largest absolute Gasteiger partial charge is 0.354 e. The Morgan fingerprint density at radius 1 is 0.971 bits per heavy atom. The summed E-state index contributed by atoms with van der Waals surface area (Å²) >= 11 is 0. The van der Waals surface area contributed by atoms with Crippen molar-refractivity contribution in [1.82, 2.24) is 24.9 Å². The summed E-state index contributed by atoms with van der Waals surface area (Å²) < 4.78 is 3.51. The Bertz CT molecular complexity index is 1240. The fourth-order valence-corrected chi connectivity index (χ4v) is 7.20. The van der Waals surface area contributed by atoms with Crippen LogP contribution in [0.2, 0.25) is 0 Å². The van der Waals surface area contributed by atoms with Crippen molar-refractivity contribution in [2.75, 3.05) is 12.4 Å². The van der Waals surface area contributed by atoms with Crippen molar-refractivity contribution in [2.24, 2.45) is 17.8 Å². The molecule has 0 saturated heterocycles. The summed E-state index contributed by atoms with van der Waals surface area (Å²) in [6, 6.07) is 9.96. The second-order valence-corrected chi connectivity index (χ2v) is 10.6. The molecular weight excluding hydrogens is 440 g/mol. The highest BCUT2D eigenvalue weighted by Gasteiger charge is 2.54. The van der Waals surface area contributed by atoms with Crippen LogP contribution >= 0.6 is 0 Å². The van der Waals surface area contributed by atoms with Crippen molar-refractivity contribution < 1.29 is 9.59 Å². The highest BCUT2D eigenvalue weighted by molar-refractivity contribution is 6.08. The van der Waals surface area contributed by atoms with E-state index in [0.29, 0.717) is 17.8 Å². The van der Waals surface area contributed by atoms with E-state index in [-0.39, 0.29) is 22.9 Å². The molecule has 0 radical (unpaired) electrons. The van der Waals surface area contributed by atoms with Gasteiger partial charge in [0.2, 0.25) is 0 Å². The zero-order valence-corrected chi connectivity index (χ0v) is 20.3. The van der Waals surface area contributed by atoms with Crippen LogP contribution in [0.25, 0.3) is 5.69 Å². The number of carbonyl (C=O) groups is 2. The summed E-state index contributed by atoms with van der Waals surface area (Å²) in [5, 5.41) is 15.0. The van der Waals surface area contributed by atoms with Crippen LogP contribution in [0, 0.1) is 17.8 Å². The molecule has 2 heterocycles. The van der Waals surface area contributed by atoms with Crippen molar-refractivity contribution in [1.29, 1.82) is 0 Å². The molecule has 0 unspecified atom stereocenters. The minimum atomic E-state index is -0.325. The molecule has 4 aliphatic rings. The number of aromatic nitrogens is 4. The molecule has 0 spiro atoms. The summed E-state index contributed by atoms with van der Waals surface area (Å²) in [7, 11) is 1.56. The van der Waals surface area contributed by atoms with Crippen LogP contribution in [0.4, 0.5) is 5.69 Å². The molecule has 2 aromatic heterocycles. The van der Waals surface area contributed by atoms with E-state index in [1.165, 1.54) is 19.3 Å². The quantitative estimate of drug-likeness (QED) is 0.563. The maximum atomic E-state index is 13.8. The number of amides is 2. The fourth-order valence-electron chi connectivity index (χ4n) is 7.20. The molecule has 8 heteroatoms. The number of hydrogen-bond acceptors (Lipinski definition) is 4. The predicted octanol–water partition coefficient (Wildman–Crippen LogP) is 4.17. The first-order chi connectivity index (χ1) is 17.0. The van der Waals surface area contributed by atoms with Crippen LogP contribution < -0.4 is 10.6 Å². The first-order valence-electron chi connectivity index (χ1n) is 12.7.